The molecule has 1 aliphatic rings. The van der Waals surface area contributed by atoms with Crippen molar-refractivity contribution in [3.63, 3.8) is 0 Å². The summed E-state index contributed by atoms with van der Waals surface area (Å²) >= 11 is 2.21. The van der Waals surface area contributed by atoms with Gasteiger partial charge in [-0.3, -0.25) is 0 Å². The van der Waals surface area contributed by atoms with Crippen LogP contribution in [0.4, 0.5) is 10.1 Å². The average molecular weight is 348 g/mol. The average Bonchev–Trinajstić information content (AvgIpc) is 2.39. The van der Waals surface area contributed by atoms with Crippen LogP contribution in [0.5, 0.6) is 0 Å². The van der Waals surface area contributed by atoms with Crippen LogP contribution in [0, 0.1) is 9.39 Å². The van der Waals surface area contributed by atoms with Crippen molar-refractivity contribution in [3.05, 3.63) is 27.6 Å². The van der Waals surface area contributed by atoms with Gasteiger partial charge < -0.3 is 10.2 Å². The van der Waals surface area contributed by atoms with Crippen LogP contribution in [-0.2, 0) is 0 Å². The summed E-state index contributed by atoms with van der Waals surface area (Å²) in [5.41, 5.74) is 1.25. The fourth-order valence-electron chi connectivity index (χ4n) is 2.25. The van der Waals surface area contributed by atoms with Crippen LogP contribution in [0.3, 0.4) is 0 Å². The minimum atomic E-state index is -0.162. The fraction of sp³-hybridized carbons (Fsp3) is 0.538. The Kier molecular flexibility index (Phi) is 3.92. The maximum Gasteiger partial charge on any atom is 0.124 e. The number of nitrogens with one attached hydrogen (secondary N) is 1. The Balaban J connectivity index is 2.25. The minimum absolute atomic E-state index is 0.105. The lowest BCUT2D eigenvalue weighted by Crippen LogP contribution is -2.46. The molecule has 0 unspecified atom stereocenters. The molecule has 0 amide bonds. The molecule has 17 heavy (non-hydrogen) atoms. The molecule has 0 spiro atoms. The summed E-state index contributed by atoms with van der Waals surface area (Å²) < 4.78 is 14.1. The second kappa shape index (κ2) is 5.10. The topological polar surface area (TPSA) is 15.3 Å². The van der Waals surface area contributed by atoms with E-state index in [2.05, 4.69) is 46.7 Å². The first-order valence-corrected chi connectivity index (χ1v) is 7.01. The van der Waals surface area contributed by atoms with E-state index in [4.69, 9.17) is 0 Å². The molecule has 4 heteroatoms. The smallest absolute Gasteiger partial charge is 0.124 e. The molecule has 0 aromatic heterocycles. The third-order valence-corrected chi connectivity index (χ3v) is 3.91. The Labute approximate surface area is 116 Å². The molecule has 1 aliphatic heterocycles. The third kappa shape index (κ3) is 3.31. The second-order valence-corrected chi connectivity index (χ2v) is 6.34. The summed E-state index contributed by atoms with van der Waals surface area (Å²) in [4.78, 5) is 2.35. The van der Waals surface area contributed by atoms with E-state index in [9.17, 15) is 4.39 Å². The number of hydrogen-bond acceptors (Lipinski definition) is 2. The van der Waals surface area contributed by atoms with E-state index in [-0.39, 0.29) is 11.4 Å². The highest BCUT2D eigenvalue weighted by atomic mass is 127. The molecule has 0 radical (unpaired) electrons. The van der Waals surface area contributed by atoms with E-state index in [1.807, 2.05) is 6.07 Å². The molecule has 1 N–H and O–H groups in total. The zero-order valence-corrected chi connectivity index (χ0v) is 12.4. The maximum atomic E-state index is 13.1. The van der Waals surface area contributed by atoms with E-state index in [1.165, 1.54) is 0 Å². The van der Waals surface area contributed by atoms with Gasteiger partial charge in [-0.2, -0.15) is 0 Å². The van der Waals surface area contributed by atoms with Crippen LogP contribution in [0.1, 0.15) is 20.3 Å². The fourth-order valence-corrected chi connectivity index (χ4v) is 3.07. The molecule has 1 heterocycles. The van der Waals surface area contributed by atoms with Gasteiger partial charge >= 0.3 is 0 Å². The van der Waals surface area contributed by atoms with Gasteiger partial charge in [0.25, 0.3) is 0 Å². The van der Waals surface area contributed by atoms with Crippen molar-refractivity contribution in [2.75, 3.05) is 24.5 Å². The molecule has 1 aromatic rings. The number of nitrogens with zero attached hydrogens (tertiary/aromatic N) is 1. The molecule has 0 atom stereocenters. The molecule has 1 saturated heterocycles. The molecule has 1 aromatic carbocycles. The largest absolute Gasteiger partial charge is 0.369 e. The normalized spacial score (nSPS) is 20.1. The molecule has 0 aliphatic carbocycles. The van der Waals surface area contributed by atoms with Gasteiger partial charge in [0.15, 0.2) is 0 Å². The SMILES string of the molecule is CC1(C)CN(c2ccc(F)cc2I)CCCN1. The van der Waals surface area contributed by atoms with Crippen molar-refractivity contribution >= 4 is 28.3 Å². The summed E-state index contributed by atoms with van der Waals surface area (Å²) in [5.74, 6) is -0.162. The predicted octanol–water partition coefficient (Wildman–Crippen LogP) is 3.01. The van der Waals surface area contributed by atoms with Crippen LogP contribution < -0.4 is 10.2 Å². The van der Waals surface area contributed by atoms with E-state index < -0.39 is 0 Å². The van der Waals surface area contributed by atoms with E-state index in [0.29, 0.717) is 0 Å². The highest BCUT2D eigenvalue weighted by Crippen LogP contribution is 2.26. The summed E-state index contributed by atoms with van der Waals surface area (Å²) in [5, 5.41) is 3.53. The van der Waals surface area contributed by atoms with Crippen molar-refractivity contribution in [1.29, 1.82) is 0 Å². The van der Waals surface area contributed by atoms with Crippen molar-refractivity contribution in [1.82, 2.24) is 5.32 Å². The lowest BCUT2D eigenvalue weighted by molar-refractivity contribution is 0.416. The van der Waals surface area contributed by atoms with Crippen LogP contribution in [0.15, 0.2) is 18.2 Å². The summed E-state index contributed by atoms with van der Waals surface area (Å²) in [7, 11) is 0. The molecule has 2 rings (SSSR count). The molecule has 94 valence electrons. The molecule has 2 nitrogen and oxygen atoms in total. The van der Waals surface area contributed by atoms with Gasteiger partial charge in [0.05, 0.1) is 5.69 Å². The van der Waals surface area contributed by atoms with Crippen molar-refractivity contribution in [3.8, 4) is 0 Å². The summed E-state index contributed by atoms with van der Waals surface area (Å²) in [6, 6.07) is 5.03. The summed E-state index contributed by atoms with van der Waals surface area (Å²) in [6.07, 6.45) is 1.12. The highest BCUT2D eigenvalue weighted by molar-refractivity contribution is 14.1. The van der Waals surface area contributed by atoms with Gasteiger partial charge in [-0.05, 0) is 67.6 Å². The highest BCUT2D eigenvalue weighted by Gasteiger charge is 2.25. The van der Waals surface area contributed by atoms with Gasteiger partial charge in [0.1, 0.15) is 5.82 Å². The van der Waals surface area contributed by atoms with Crippen LogP contribution in [0.2, 0.25) is 0 Å². The van der Waals surface area contributed by atoms with Crippen molar-refractivity contribution in [2.24, 2.45) is 0 Å². The first kappa shape index (κ1) is 13.1. The first-order valence-electron chi connectivity index (χ1n) is 5.93. The van der Waals surface area contributed by atoms with E-state index in [1.54, 1.807) is 12.1 Å². The summed E-state index contributed by atoms with van der Waals surface area (Å²) in [6.45, 7) is 7.44. The van der Waals surface area contributed by atoms with Gasteiger partial charge in [-0.15, -0.1) is 0 Å². The second-order valence-electron chi connectivity index (χ2n) is 5.18. The van der Waals surface area contributed by atoms with Gasteiger partial charge in [-0.1, -0.05) is 0 Å². The predicted molar refractivity (Wildman–Crippen MR) is 78.0 cm³/mol. The number of anilines is 1. The molecule has 0 bridgehead atoms. The first-order chi connectivity index (χ1) is 7.98. The van der Waals surface area contributed by atoms with Crippen LogP contribution in [-0.4, -0.2) is 25.2 Å². The van der Waals surface area contributed by atoms with E-state index >= 15 is 0 Å². The van der Waals surface area contributed by atoms with Gasteiger partial charge in [0, 0.05) is 22.2 Å². The number of halogens is 2. The molecular weight excluding hydrogens is 330 g/mol. The minimum Gasteiger partial charge on any atom is -0.369 e. The number of hydrogen-bond donors (Lipinski definition) is 1. The van der Waals surface area contributed by atoms with Crippen molar-refractivity contribution in [2.45, 2.75) is 25.8 Å². The zero-order valence-electron chi connectivity index (χ0n) is 10.3. The maximum absolute atomic E-state index is 13.1. The van der Waals surface area contributed by atoms with Gasteiger partial charge in [-0.25, -0.2) is 4.39 Å². The molecule has 1 fully saturated rings. The Morgan fingerprint density at radius 2 is 2.18 bits per heavy atom. The number of benzene rings is 1. The van der Waals surface area contributed by atoms with Crippen molar-refractivity contribution < 1.29 is 4.39 Å². The molecule has 0 saturated carbocycles. The van der Waals surface area contributed by atoms with Crippen LogP contribution in [0.25, 0.3) is 0 Å². The van der Waals surface area contributed by atoms with Crippen LogP contribution >= 0.6 is 22.6 Å². The number of rotatable bonds is 1. The van der Waals surface area contributed by atoms with E-state index in [0.717, 1.165) is 35.3 Å². The Hall–Kier alpha value is -0.360. The lowest BCUT2D eigenvalue weighted by atomic mass is 10.1. The monoisotopic (exact) mass is 348 g/mol. The standard InChI is InChI=1S/C13H18FIN2/c1-13(2)9-17(7-3-6-16-13)12-5-4-10(14)8-11(12)15/h4-5,8,16H,3,6-7,9H2,1-2H3. The Morgan fingerprint density at radius 1 is 1.41 bits per heavy atom. The lowest BCUT2D eigenvalue weighted by Gasteiger charge is -2.32. The zero-order chi connectivity index (χ0) is 12.5. The Morgan fingerprint density at radius 3 is 2.88 bits per heavy atom. The third-order valence-electron chi connectivity index (χ3n) is 3.04. The Bertz CT molecular complexity index is 406. The quantitative estimate of drug-likeness (QED) is 0.785. The van der Waals surface area contributed by atoms with Gasteiger partial charge in [0.2, 0.25) is 0 Å². The molecular formula is C13H18FIN2.